The van der Waals surface area contributed by atoms with Crippen molar-refractivity contribution in [2.75, 3.05) is 18.4 Å². The molecule has 4 aromatic rings. The van der Waals surface area contributed by atoms with Crippen LogP contribution >= 0.6 is 0 Å². The van der Waals surface area contributed by atoms with E-state index in [1.54, 1.807) is 0 Å². The Kier molecular flexibility index (Phi) is 6.41. The quantitative estimate of drug-likeness (QED) is 0.360. The van der Waals surface area contributed by atoms with Gasteiger partial charge in [-0.2, -0.15) is 0 Å². The predicted octanol–water partition coefficient (Wildman–Crippen LogP) is 6.62. The Morgan fingerprint density at radius 1 is 0.912 bits per heavy atom. The second-order valence-electron chi connectivity index (χ2n) is 9.22. The summed E-state index contributed by atoms with van der Waals surface area (Å²) in [6, 6.07) is 22.6. The Balaban J connectivity index is 1.30. The van der Waals surface area contributed by atoms with E-state index >= 15 is 0 Å². The third kappa shape index (κ3) is 4.73. The summed E-state index contributed by atoms with van der Waals surface area (Å²) < 4.78 is 0. The number of hydrogen-bond acceptors (Lipinski definition) is 3. The van der Waals surface area contributed by atoms with E-state index in [1.165, 1.54) is 37.1 Å². The van der Waals surface area contributed by atoms with Crippen molar-refractivity contribution in [3.05, 3.63) is 95.2 Å². The van der Waals surface area contributed by atoms with Crippen LogP contribution in [0.4, 0.5) is 5.69 Å². The molecule has 1 aliphatic heterocycles. The number of carbonyl (C=O) groups excluding carboxylic acids is 1. The lowest BCUT2D eigenvalue weighted by Crippen LogP contribution is -2.18. The molecular weight excluding hydrogens is 418 g/mol. The van der Waals surface area contributed by atoms with Crippen LogP contribution < -0.4 is 5.32 Å². The fourth-order valence-corrected chi connectivity index (χ4v) is 4.76. The maximum absolute atomic E-state index is 12.9. The van der Waals surface area contributed by atoms with Gasteiger partial charge >= 0.3 is 0 Å². The van der Waals surface area contributed by atoms with Gasteiger partial charge in [0.1, 0.15) is 0 Å². The number of pyridine rings is 1. The molecule has 0 aliphatic carbocycles. The van der Waals surface area contributed by atoms with E-state index in [2.05, 4.69) is 53.5 Å². The number of aromatic nitrogens is 1. The molecule has 0 bridgehead atoms. The minimum atomic E-state index is -0.110. The summed E-state index contributed by atoms with van der Waals surface area (Å²) in [6.07, 6.45) is 5.59. The van der Waals surface area contributed by atoms with Gasteiger partial charge in [0.2, 0.25) is 0 Å². The van der Waals surface area contributed by atoms with Gasteiger partial charge < -0.3 is 5.32 Å². The average Bonchev–Trinajstić information content (AvgIpc) is 3.39. The van der Waals surface area contributed by atoms with Gasteiger partial charge in [-0.25, -0.2) is 0 Å². The molecule has 0 unspecified atom stereocenters. The fourth-order valence-electron chi connectivity index (χ4n) is 4.76. The summed E-state index contributed by atoms with van der Waals surface area (Å²) >= 11 is 0. The van der Waals surface area contributed by atoms with Crippen LogP contribution in [0.2, 0.25) is 0 Å². The Hall–Kier alpha value is -3.50. The van der Waals surface area contributed by atoms with Crippen molar-refractivity contribution in [1.29, 1.82) is 0 Å². The average molecular weight is 450 g/mol. The summed E-state index contributed by atoms with van der Waals surface area (Å²) in [5.41, 5.74) is 8.21. The Bertz CT molecular complexity index is 1300. The van der Waals surface area contributed by atoms with E-state index in [0.717, 1.165) is 46.2 Å². The normalized spacial score (nSPS) is 13.9. The maximum atomic E-state index is 12.9. The molecule has 1 aliphatic rings. The number of anilines is 1. The van der Waals surface area contributed by atoms with E-state index in [1.807, 2.05) is 43.5 Å². The molecule has 5 rings (SSSR count). The van der Waals surface area contributed by atoms with Crippen molar-refractivity contribution in [2.45, 2.75) is 39.7 Å². The maximum Gasteiger partial charge on any atom is 0.255 e. The van der Waals surface area contributed by atoms with E-state index < -0.39 is 0 Å². The minimum Gasteiger partial charge on any atom is -0.322 e. The van der Waals surface area contributed by atoms with Crippen molar-refractivity contribution >= 4 is 22.5 Å². The van der Waals surface area contributed by atoms with Crippen molar-refractivity contribution in [1.82, 2.24) is 9.88 Å². The first-order valence-electron chi connectivity index (χ1n) is 12.2. The highest BCUT2D eigenvalue weighted by Gasteiger charge is 2.14. The van der Waals surface area contributed by atoms with Crippen LogP contribution in [0.15, 0.2) is 72.9 Å². The van der Waals surface area contributed by atoms with Crippen LogP contribution in [0.1, 0.15) is 46.8 Å². The van der Waals surface area contributed by atoms with Crippen LogP contribution in [0.5, 0.6) is 0 Å². The standard InChI is InChI=1S/C30H31N3O/c1-3-22-6-8-24(9-7-22)25-10-12-26(13-11-25)30(34)32-28-15-14-27-18-23(19-31-29(27)21(28)2)20-33-16-4-5-17-33/h6-15,18-19H,3-5,16-17,20H2,1-2H3,(H,32,34). The van der Waals surface area contributed by atoms with Crippen molar-refractivity contribution in [3.8, 4) is 11.1 Å². The highest BCUT2D eigenvalue weighted by atomic mass is 16.1. The SMILES string of the molecule is CCc1ccc(-c2ccc(C(=O)Nc3ccc4cc(CN5CCCC5)cnc4c3C)cc2)cc1. The zero-order valence-electron chi connectivity index (χ0n) is 20.0. The van der Waals surface area contributed by atoms with Gasteiger partial charge in [0.15, 0.2) is 0 Å². The molecule has 1 fully saturated rings. The van der Waals surface area contributed by atoms with E-state index in [0.29, 0.717) is 5.56 Å². The number of hydrogen-bond donors (Lipinski definition) is 1. The molecule has 1 amide bonds. The Morgan fingerprint density at radius 2 is 1.59 bits per heavy atom. The molecule has 0 atom stereocenters. The highest BCUT2D eigenvalue weighted by Crippen LogP contribution is 2.26. The van der Waals surface area contributed by atoms with Gasteiger partial charge in [-0.3, -0.25) is 14.7 Å². The number of amides is 1. The van der Waals surface area contributed by atoms with E-state index in [4.69, 9.17) is 4.98 Å². The number of benzene rings is 3. The van der Waals surface area contributed by atoms with Crippen LogP contribution in [-0.2, 0) is 13.0 Å². The molecule has 0 spiro atoms. The lowest BCUT2D eigenvalue weighted by Gasteiger charge is -2.15. The molecule has 2 heterocycles. The Labute approximate surface area is 201 Å². The molecule has 4 nitrogen and oxygen atoms in total. The number of likely N-dealkylation sites (tertiary alicyclic amines) is 1. The summed E-state index contributed by atoms with van der Waals surface area (Å²) in [5.74, 6) is -0.110. The molecule has 3 aromatic carbocycles. The van der Waals surface area contributed by atoms with Crippen LogP contribution in [0.25, 0.3) is 22.0 Å². The van der Waals surface area contributed by atoms with E-state index in [-0.39, 0.29) is 5.91 Å². The second-order valence-corrected chi connectivity index (χ2v) is 9.22. The summed E-state index contributed by atoms with van der Waals surface area (Å²) in [6.45, 7) is 7.48. The van der Waals surface area contributed by atoms with Gasteiger partial charge in [-0.1, -0.05) is 49.4 Å². The zero-order chi connectivity index (χ0) is 23.5. The molecule has 0 saturated carbocycles. The summed E-state index contributed by atoms with van der Waals surface area (Å²) in [4.78, 5) is 20.2. The number of nitrogens with zero attached hydrogens (tertiary/aromatic N) is 2. The van der Waals surface area contributed by atoms with Crippen LogP contribution in [0.3, 0.4) is 0 Å². The number of carbonyl (C=O) groups is 1. The van der Waals surface area contributed by atoms with Crippen molar-refractivity contribution in [3.63, 3.8) is 0 Å². The monoisotopic (exact) mass is 449 g/mol. The van der Waals surface area contributed by atoms with E-state index in [9.17, 15) is 4.79 Å². The first kappa shape index (κ1) is 22.3. The molecule has 4 heteroatoms. The summed E-state index contributed by atoms with van der Waals surface area (Å²) in [5, 5.41) is 4.20. The molecule has 34 heavy (non-hydrogen) atoms. The lowest BCUT2D eigenvalue weighted by molar-refractivity contribution is 0.102. The molecule has 172 valence electrons. The second kappa shape index (κ2) is 9.78. The molecular formula is C30H31N3O. The first-order valence-corrected chi connectivity index (χ1v) is 12.2. The smallest absolute Gasteiger partial charge is 0.255 e. The molecule has 1 N–H and O–H groups in total. The van der Waals surface area contributed by atoms with Gasteiger partial charge in [0.05, 0.1) is 5.52 Å². The van der Waals surface area contributed by atoms with Gasteiger partial charge in [-0.15, -0.1) is 0 Å². The highest BCUT2D eigenvalue weighted by molar-refractivity contribution is 6.06. The number of aryl methyl sites for hydroxylation is 2. The van der Waals surface area contributed by atoms with Crippen molar-refractivity contribution in [2.24, 2.45) is 0 Å². The first-order chi connectivity index (χ1) is 16.6. The topological polar surface area (TPSA) is 45.2 Å². The van der Waals surface area contributed by atoms with Crippen molar-refractivity contribution < 1.29 is 4.79 Å². The van der Waals surface area contributed by atoms with Gasteiger partial charge in [-0.05, 0) is 91.4 Å². The predicted molar refractivity (Wildman–Crippen MR) is 140 cm³/mol. The summed E-state index contributed by atoms with van der Waals surface area (Å²) in [7, 11) is 0. The number of fused-ring (bicyclic) bond motifs is 1. The fraction of sp³-hybridized carbons (Fsp3) is 0.267. The molecule has 1 aromatic heterocycles. The van der Waals surface area contributed by atoms with Crippen LogP contribution in [0, 0.1) is 6.92 Å². The molecule has 1 saturated heterocycles. The number of nitrogens with one attached hydrogen (secondary N) is 1. The largest absolute Gasteiger partial charge is 0.322 e. The lowest BCUT2D eigenvalue weighted by atomic mass is 10.0. The Morgan fingerprint density at radius 3 is 2.26 bits per heavy atom. The molecule has 0 radical (unpaired) electrons. The third-order valence-electron chi connectivity index (χ3n) is 6.86. The van der Waals surface area contributed by atoms with Gasteiger partial charge in [0, 0.05) is 29.4 Å². The van der Waals surface area contributed by atoms with Crippen LogP contribution in [-0.4, -0.2) is 28.9 Å². The zero-order valence-corrected chi connectivity index (χ0v) is 20.0. The third-order valence-corrected chi connectivity index (χ3v) is 6.86. The minimum absolute atomic E-state index is 0.110. The van der Waals surface area contributed by atoms with Gasteiger partial charge in [0.25, 0.3) is 5.91 Å². The number of rotatable bonds is 6.